The van der Waals surface area contributed by atoms with Gasteiger partial charge in [-0.3, -0.25) is 0 Å². The summed E-state index contributed by atoms with van der Waals surface area (Å²) in [6.07, 6.45) is 4.37. The van der Waals surface area contributed by atoms with Gasteiger partial charge in [-0.05, 0) is 43.6 Å². The molecule has 1 aromatic rings. The monoisotopic (exact) mass is 324 g/mol. The number of hydrogen-bond donors (Lipinski definition) is 0. The van der Waals surface area contributed by atoms with Crippen molar-refractivity contribution < 1.29 is 4.74 Å². The molecule has 1 aliphatic rings. The summed E-state index contributed by atoms with van der Waals surface area (Å²) in [7, 11) is 0. The van der Waals surface area contributed by atoms with Crippen LogP contribution < -0.4 is 0 Å². The second-order valence-electron chi connectivity index (χ2n) is 6.23. The molecule has 19 heavy (non-hydrogen) atoms. The molecule has 0 amide bonds. The van der Waals surface area contributed by atoms with Crippen molar-refractivity contribution in [2.45, 2.75) is 52.2 Å². The van der Waals surface area contributed by atoms with Crippen molar-refractivity contribution in [3.8, 4) is 0 Å². The highest BCUT2D eigenvalue weighted by atomic mass is 79.9. The number of rotatable bonds is 4. The van der Waals surface area contributed by atoms with E-state index in [2.05, 4.69) is 61.0 Å². The van der Waals surface area contributed by atoms with Crippen molar-refractivity contribution in [1.29, 1.82) is 0 Å². The summed E-state index contributed by atoms with van der Waals surface area (Å²) < 4.78 is 6.36. The zero-order valence-electron chi connectivity index (χ0n) is 12.2. The minimum Gasteiger partial charge on any atom is -0.369 e. The van der Waals surface area contributed by atoms with E-state index in [0.717, 1.165) is 17.2 Å². The zero-order chi connectivity index (χ0) is 13.8. The first-order valence-corrected chi connectivity index (χ1v) is 8.48. The van der Waals surface area contributed by atoms with E-state index in [1.54, 1.807) is 0 Å². The van der Waals surface area contributed by atoms with Gasteiger partial charge in [0.1, 0.15) is 0 Å². The fraction of sp³-hybridized carbons (Fsp3) is 0.647. The Labute approximate surface area is 125 Å². The number of hydrogen-bond acceptors (Lipinski definition) is 1. The van der Waals surface area contributed by atoms with Gasteiger partial charge in [-0.15, -0.1) is 0 Å². The SMILES string of the molecule is Cc1ccc(C(CBr)OC2CC(C)CC(C)C2)cc1. The molecule has 1 fully saturated rings. The predicted octanol–water partition coefficient (Wildman–Crippen LogP) is 5.27. The number of aryl methyl sites for hydroxylation is 1. The molecule has 0 N–H and O–H groups in total. The molecule has 1 aromatic carbocycles. The van der Waals surface area contributed by atoms with Crippen LogP contribution >= 0.6 is 15.9 Å². The number of alkyl halides is 1. The van der Waals surface area contributed by atoms with E-state index in [1.807, 2.05) is 0 Å². The first kappa shape index (κ1) is 15.1. The highest BCUT2D eigenvalue weighted by Crippen LogP contribution is 2.33. The number of ether oxygens (including phenoxy) is 1. The fourth-order valence-corrected chi connectivity index (χ4v) is 3.73. The van der Waals surface area contributed by atoms with Crippen molar-refractivity contribution in [2.24, 2.45) is 11.8 Å². The molecule has 0 bridgehead atoms. The summed E-state index contributed by atoms with van der Waals surface area (Å²) in [5.41, 5.74) is 2.59. The molecule has 106 valence electrons. The topological polar surface area (TPSA) is 9.23 Å². The Morgan fingerprint density at radius 2 is 1.68 bits per heavy atom. The second-order valence-corrected chi connectivity index (χ2v) is 6.88. The molecule has 1 saturated carbocycles. The van der Waals surface area contributed by atoms with Crippen LogP contribution in [0.4, 0.5) is 0 Å². The number of halogens is 1. The average Bonchev–Trinajstić information content (AvgIpc) is 2.36. The molecule has 0 heterocycles. The van der Waals surface area contributed by atoms with Crippen LogP contribution in [0.5, 0.6) is 0 Å². The summed E-state index contributed by atoms with van der Waals surface area (Å²) >= 11 is 3.60. The van der Waals surface area contributed by atoms with Gasteiger partial charge in [0, 0.05) is 5.33 Å². The van der Waals surface area contributed by atoms with E-state index < -0.39 is 0 Å². The van der Waals surface area contributed by atoms with Gasteiger partial charge in [-0.1, -0.05) is 59.6 Å². The van der Waals surface area contributed by atoms with Crippen molar-refractivity contribution in [3.63, 3.8) is 0 Å². The highest BCUT2D eigenvalue weighted by molar-refractivity contribution is 9.09. The van der Waals surface area contributed by atoms with Crippen LogP contribution in [0.15, 0.2) is 24.3 Å². The van der Waals surface area contributed by atoms with E-state index >= 15 is 0 Å². The van der Waals surface area contributed by atoms with Gasteiger partial charge < -0.3 is 4.74 Å². The quantitative estimate of drug-likeness (QED) is 0.685. The third-order valence-electron chi connectivity index (χ3n) is 4.08. The summed E-state index contributed by atoms with van der Waals surface area (Å²) in [5.74, 6) is 1.59. The maximum atomic E-state index is 6.36. The molecule has 2 rings (SSSR count). The van der Waals surface area contributed by atoms with Gasteiger partial charge in [0.05, 0.1) is 12.2 Å². The average molecular weight is 325 g/mol. The maximum absolute atomic E-state index is 6.36. The molecule has 0 aromatic heterocycles. The lowest BCUT2D eigenvalue weighted by Crippen LogP contribution is -2.28. The van der Waals surface area contributed by atoms with Crippen LogP contribution in [0, 0.1) is 18.8 Å². The zero-order valence-corrected chi connectivity index (χ0v) is 13.8. The molecular formula is C17H25BrO. The molecule has 3 unspecified atom stereocenters. The minimum atomic E-state index is 0.183. The van der Waals surface area contributed by atoms with Crippen molar-refractivity contribution in [2.75, 3.05) is 5.33 Å². The van der Waals surface area contributed by atoms with Crippen molar-refractivity contribution in [1.82, 2.24) is 0 Å². The van der Waals surface area contributed by atoms with Gasteiger partial charge in [0.2, 0.25) is 0 Å². The molecule has 0 saturated heterocycles. The molecule has 2 heteroatoms. The first-order valence-electron chi connectivity index (χ1n) is 7.36. The fourth-order valence-electron chi connectivity index (χ4n) is 3.20. The molecule has 0 aliphatic heterocycles. The minimum absolute atomic E-state index is 0.183. The van der Waals surface area contributed by atoms with Crippen LogP contribution in [0.25, 0.3) is 0 Å². The lowest BCUT2D eigenvalue weighted by molar-refractivity contribution is -0.0401. The van der Waals surface area contributed by atoms with Gasteiger partial charge in [-0.25, -0.2) is 0 Å². The van der Waals surface area contributed by atoms with E-state index in [-0.39, 0.29) is 6.10 Å². The largest absolute Gasteiger partial charge is 0.369 e. The van der Waals surface area contributed by atoms with E-state index in [9.17, 15) is 0 Å². The third-order valence-corrected chi connectivity index (χ3v) is 4.67. The molecule has 1 aliphatic carbocycles. The van der Waals surface area contributed by atoms with Crippen LogP contribution in [0.3, 0.4) is 0 Å². The lowest BCUT2D eigenvalue weighted by Gasteiger charge is -2.33. The van der Waals surface area contributed by atoms with Gasteiger partial charge in [-0.2, -0.15) is 0 Å². The summed E-state index contributed by atoms with van der Waals surface area (Å²) in [6.45, 7) is 6.82. The van der Waals surface area contributed by atoms with Crippen LogP contribution in [0.2, 0.25) is 0 Å². The number of benzene rings is 1. The Hall–Kier alpha value is -0.340. The Kier molecular flexibility index (Phi) is 5.47. The Bertz CT molecular complexity index is 377. The lowest BCUT2D eigenvalue weighted by atomic mass is 9.81. The normalized spacial score (nSPS) is 29.2. The molecule has 1 nitrogen and oxygen atoms in total. The van der Waals surface area contributed by atoms with Crippen LogP contribution in [-0.4, -0.2) is 11.4 Å². The highest BCUT2D eigenvalue weighted by Gasteiger charge is 2.26. The van der Waals surface area contributed by atoms with Gasteiger partial charge >= 0.3 is 0 Å². The molecule has 0 radical (unpaired) electrons. The van der Waals surface area contributed by atoms with Crippen molar-refractivity contribution in [3.05, 3.63) is 35.4 Å². The Balaban J connectivity index is 2.00. The molecule has 0 spiro atoms. The predicted molar refractivity (Wildman–Crippen MR) is 84.8 cm³/mol. The smallest absolute Gasteiger partial charge is 0.0925 e. The van der Waals surface area contributed by atoms with Crippen LogP contribution in [0.1, 0.15) is 50.3 Å². The van der Waals surface area contributed by atoms with E-state index in [4.69, 9.17) is 4.74 Å². The maximum Gasteiger partial charge on any atom is 0.0925 e. The molecular weight excluding hydrogens is 300 g/mol. The van der Waals surface area contributed by atoms with Crippen molar-refractivity contribution >= 4 is 15.9 Å². The van der Waals surface area contributed by atoms with Gasteiger partial charge in [0.25, 0.3) is 0 Å². The van der Waals surface area contributed by atoms with E-state index in [0.29, 0.717) is 6.10 Å². The molecule has 3 atom stereocenters. The van der Waals surface area contributed by atoms with E-state index in [1.165, 1.54) is 30.4 Å². The summed E-state index contributed by atoms with van der Waals surface area (Å²) in [6, 6.07) is 8.72. The Morgan fingerprint density at radius 3 is 2.21 bits per heavy atom. The van der Waals surface area contributed by atoms with Gasteiger partial charge in [0.15, 0.2) is 0 Å². The van der Waals surface area contributed by atoms with Crippen LogP contribution in [-0.2, 0) is 4.74 Å². The second kappa shape index (κ2) is 6.90. The first-order chi connectivity index (χ1) is 9.08. The summed E-state index contributed by atoms with van der Waals surface area (Å²) in [5, 5.41) is 0.870. The standard InChI is InChI=1S/C17H25BrO/c1-12-4-6-15(7-5-12)17(11-18)19-16-9-13(2)8-14(3)10-16/h4-7,13-14,16-17H,8-11H2,1-3H3. The Morgan fingerprint density at radius 1 is 1.11 bits per heavy atom. The third kappa shape index (κ3) is 4.32. The summed E-state index contributed by atoms with van der Waals surface area (Å²) in [4.78, 5) is 0.